The van der Waals surface area contributed by atoms with Crippen LogP contribution in [0.4, 0.5) is 5.00 Å². The molecule has 0 radical (unpaired) electrons. The number of ether oxygens (including phenoxy) is 1. The van der Waals surface area contributed by atoms with Crippen molar-refractivity contribution in [2.24, 2.45) is 0 Å². The Morgan fingerprint density at radius 1 is 1.22 bits per heavy atom. The number of thiophene rings is 1. The number of amides is 1. The summed E-state index contributed by atoms with van der Waals surface area (Å²) in [5.41, 5.74) is 2.19. The van der Waals surface area contributed by atoms with E-state index in [-0.39, 0.29) is 23.2 Å². The second-order valence-electron chi connectivity index (χ2n) is 6.88. The van der Waals surface area contributed by atoms with E-state index in [1.807, 2.05) is 30.3 Å². The molecule has 0 bridgehead atoms. The maximum atomic E-state index is 12.5. The third-order valence-corrected chi connectivity index (χ3v) is 4.67. The molecule has 0 fully saturated rings. The van der Waals surface area contributed by atoms with Gasteiger partial charge in [-0.3, -0.25) is 4.79 Å². The molecule has 2 rings (SSSR count). The number of anilines is 1. The molecule has 0 unspecified atom stereocenters. The number of esters is 1. The Labute approximate surface area is 163 Å². The van der Waals surface area contributed by atoms with Crippen LogP contribution < -0.4 is 5.32 Å². The smallest absolute Gasteiger partial charge is 0.341 e. The average molecular weight is 382 g/mol. The van der Waals surface area contributed by atoms with Gasteiger partial charge in [0.1, 0.15) is 16.6 Å². The molecule has 140 valence electrons. The van der Waals surface area contributed by atoms with Crippen molar-refractivity contribution in [1.29, 1.82) is 5.26 Å². The Morgan fingerprint density at radius 3 is 2.44 bits per heavy atom. The molecule has 0 aliphatic carbocycles. The highest BCUT2D eigenvalue weighted by Gasteiger charge is 2.18. The van der Waals surface area contributed by atoms with E-state index in [2.05, 4.69) is 26.1 Å². The Hall–Kier alpha value is -2.91. The molecule has 1 aromatic carbocycles. The maximum Gasteiger partial charge on any atom is 0.341 e. The molecule has 1 heterocycles. The Bertz CT molecular complexity index is 897. The minimum atomic E-state index is -0.564. The summed E-state index contributed by atoms with van der Waals surface area (Å²) in [6.45, 7) is 8.32. The Kier molecular flexibility index (Phi) is 6.54. The van der Waals surface area contributed by atoms with Gasteiger partial charge in [0.25, 0.3) is 5.91 Å². The summed E-state index contributed by atoms with van der Waals surface area (Å²) in [7, 11) is 0. The normalized spacial score (nSPS) is 11.6. The lowest BCUT2D eigenvalue weighted by Crippen LogP contribution is -2.15. The molecular formula is C21H22N2O3S. The summed E-state index contributed by atoms with van der Waals surface area (Å²) in [5, 5.41) is 14.0. The molecule has 0 atom stereocenters. The first-order valence-electron chi connectivity index (χ1n) is 8.54. The van der Waals surface area contributed by atoms with Gasteiger partial charge < -0.3 is 10.1 Å². The summed E-state index contributed by atoms with van der Waals surface area (Å²) in [6, 6.07) is 11.2. The molecule has 1 aromatic heterocycles. The van der Waals surface area contributed by atoms with E-state index in [9.17, 15) is 14.9 Å². The number of hydrogen-bond acceptors (Lipinski definition) is 5. The van der Waals surface area contributed by atoms with E-state index < -0.39 is 11.9 Å². The van der Waals surface area contributed by atoms with Gasteiger partial charge in [0.15, 0.2) is 0 Å². The van der Waals surface area contributed by atoms with Gasteiger partial charge >= 0.3 is 5.97 Å². The van der Waals surface area contributed by atoms with E-state index in [4.69, 9.17) is 4.74 Å². The average Bonchev–Trinajstić information content (AvgIpc) is 3.07. The van der Waals surface area contributed by atoms with Crippen molar-refractivity contribution in [2.45, 2.75) is 33.1 Å². The molecule has 5 nitrogen and oxygen atoms in total. The van der Waals surface area contributed by atoms with E-state index in [0.29, 0.717) is 5.00 Å². The van der Waals surface area contributed by atoms with Gasteiger partial charge in [-0.25, -0.2) is 4.79 Å². The van der Waals surface area contributed by atoms with Crippen LogP contribution in [0.3, 0.4) is 0 Å². The molecular weight excluding hydrogens is 360 g/mol. The summed E-state index contributed by atoms with van der Waals surface area (Å²) in [6.07, 6.45) is 1.53. The first-order chi connectivity index (χ1) is 12.8. The number of nitrogens with one attached hydrogen (secondary N) is 1. The van der Waals surface area contributed by atoms with Crippen molar-refractivity contribution in [3.05, 3.63) is 58.0 Å². The lowest BCUT2D eigenvalue weighted by atomic mass is 9.86. The number of nitrogens with zero attached hydrogens (tertiary/aromatic N) is 1. The van der Waals surface area contributed by atoms with Crippen molar-refractivity contribution in [3.63, 3.8) is 0 Å². The summed E-state index contributed by atoms with van der Waals surface area (Å²) in [4.78, 5) is 24.4. The first-order valence-corrected chi connectivity index (χ1v) is 9.42. The SMILES string of the molecule is CCOC(=O)c1ccsc1NC(=O)/C(C#N)=C/c1ccc(C(C)(C)C)cc1. The van der Waals surface area contributed by atoms with Gasteiger partial charge in [0, 0.05) is 0 Å². The van der Waals surface area contributed by atoms with Crippen LogP contribution in [0.15, 0.2) is 41.3 Å². The molecule has 0 saturated carbocycles. The van der Waals surface area contributed by atoms with Crippen molar-refractivity contribution in [2.75, 3.05) is 11.9 Å². The van der Waals surface area contributed by atoms with Gasteiger partial charge in [0.2, 0.25) is 0 Å². The lowest BCUT2D eigenvalue weighted by molar-refractivity contribution is -0.112. The predicted molar refractivity (Wildman–Crippen MR) is 108 cm³/mol. The standard InChI is InChI=1S/C21H22N2O3S/c1-5-26-20(25)17-10-11-27-19(17)23-18(24)15(13-22)12-14-6-8-16(9-7-14)21(2,3)4/h6-12H,5H2,1-4H3,(H,23,24)/b15-12+. The van der Waals surface area contributed by atoms with Crippen LogP contribution in [-0.4, -0.2) is 18.5 Å². The molecule has 2 aromatic rings. The van der Waals surface area contributed by atoms with Crippen LogP contribution in [0.5, 0.6) is 0 Å². The van der Waals surface area contributed by atoms with Crippen LogP contribution in [0.2, 0.25) is 0 Å². The van der Waals surface area contributed by atoms with Gasteiger partial charge in [-0.1, -0.05) is 45.0 Å². The molecule has 1 N–H and O–H groups in total. The lowest BCUT2D eigenvalue weighted by Gasteiger charge is -2.18. The Morgan fingerprint density at radius 2 is 1.89 bits per heavy atom. The molecule has 0 spiro atoms. The van der Waals surface area contributed by atoms with E-state index in [0.717, 1.165) is 5.56 Å². The predicted octanol–water partition coefficient (Wildman–Crippen LogP) is 4.77. The molecule has 6 heteroatoms. The van der Waals surface area contributed by atoms with Gasteiger partial charge in [-0.05, 0) is 41.0 Å². The fourth-order valence-electron chi connectivity index (χ4n) is 2.34. The van der Waals surface area contributed by atoms with Crippen LogP contribution in [-0.2, 0) is 14.9 Å². The highest BCUT2D eigenvalue weighted by Crippen LogP contribution is 2.25. The minimum Gasteiger partial charge on any atom is -0.462 e. The molecule has 0 aliphatic heterocycles. The fraction of sp³-hybridized carbons (Fsp3) is 0.286. The highest BCUT2D eigenvalue weighted by atomic mass is 32.1. The number of hydrogen-bond donors (Lipinski definition) is 1. The van der Waals surface area contributed by atoms with Crippen LogP contribution >= 0.6 is 11.3 Å². The highest BCUT2D eigenvalue weighted by molar-refractivity contribution is 7.14. The number of rotatable bonds is 5. The van der Waals surface area contributed by atoms with Crippen molar-refractivity contribution >= 4 is 34.3 Å². The van der Waals surface area contributed by atoms with Crippen LogP contribution in [0.25, 0.3) is 6.08 Å². The first kappa shape index (κ1) is 20.4. The third-order valence-electron chi connectivity index (χ3n) is 3.84. The number of benzene rings is 1. The topological polar surface area (TPSA) is 79.2 Å². The van der Waals surface area contributed by atoms with Crippen molar-refractivity contribution in [1.82, 2.24) is 0 Å². The zero-order valence-corrected chi connectivity index (χ0v) is 16.6. The minimum absolute atomic E-state index is 0.0281. The van der Waals surface area contributed by atoms with Gasteiger partial charge in [0.05, 0.1) is 12.2 Å². The molecule has 0 saturated heterocycles. The largest absolute Gasteiger partial charge is 0.462 e. The monoisotopic (exact) mass is 382 g/mol. The number of carbonyl (C=O) groups excluding carboxylic acids is 2. The number of carbonyl (C=O) groups is 2. The van der Waals surface area contributed by atoms with Crippen LogP contribution in [0, 0.1) is 11.3 Å². The van der Waals surface area contributed by atoms with E-state index >= 15 is 0 Å². The maximum absolute atomic E-state index is 12.5. The molecule has 27 heavy (non-hydrogen) atoms. The van der Waals surface area contributed by atoms with Crippen molar-refractivity contribution in [3.8, 4) is 6.07 Å². The quantitative estimate of drug-likeness (QED) is 0.459. The van der Waals surface area contributed by atoms with Crippen LogP contribution in [0.1, 0.15) is 49.2 Å². The second kappa shape index (κ2) is 8.65. The number of nitriles is 1. The van der Waals surface area contributed by atoms with Gasteiger partial charge in [-0.2, -0.15) is 5.26 Å². The zero-order valence-electron chi connectivity index (χ0n) is 15.8. The second-order valence-corrected chi connectivity index (χ2v) is 7.80. The summed E-state index contributed by atoms with van der Waals surface area (Å²) in [5.74, 6) is -1.07. The molecule has 1 amide bonds. The van der Waals surface area contributed by atoms with E-state index in [1.165, 1.54) is 23.0 Å². The van der Waals surface area contributed by atoms with Crippen molar-refractivity contribution < 1.29 is 14.3 Å². The summed E-state index contributed by atoms with van der Waals surface area (Å²) >= 11 is 1.20. The zero-order chi connectivity index (χ0) is 20.0. The molecule has 0 aliphatic rings. The van der Waals surface area contributed by atoms with E-state index in [1.54, 1.807) is 18.4 Å². The summed E-state index contributed by atoms with van der Waals surface area (Å²) < 4.78 is 4.97. The Balaban J connectivity index is 2.20. The third kappa shape index (κ3) is 5.28. The fourth-order valence-corrected chi connectivity index (χ4v) is 3.11. The van der Waals surface area contributed by atoms with Gasteiger partial charge in [-0.15, -0.1) is 11.3 Å².